The van der Waals surface area contributed by atoms with Crippen molar-refractivity contribution in [2.24, 2.45) is 0 Å². The average molecular weight is 392 g/mol. The lowest BCUT2D eigenvalue weighted by molar-refractivity contribution is 0.0779. The van der Waals surface area contributed by atoms with E-state index in [4.69, 9.17) is 9.47 Å². The Morgan fingerprint density at radius 3 is 2.56 bits per heavy atom. The number of sulfonamides is 1. The third-order valence-electron chi connectivity index (χ3n) is 3.93. The summed E-state index contributed by atoms with van der Waals surface area (Å²) in [5.74, 6) is 0.159. The molecule has 0 saturated heterocycles. The van der Waals surface area contributed by atoms with Gasteiger partial charge in [-0.15, -0.1) is 0 Å². The van der Waals surface area contributed by atoms with Crippen molar-refractivity contribution in [1.29, 1.82) is 0 Å². The number of methoxy groups -OCH3 is 2. The first-order valence-electron chi connectivity index (χ1n) is 8.39. The average Bonchev–Trinajstić information content (AvgIpc) is 2.67. The number of amides is 1. The standard InChI is InChI=1S/C19H24N2O5S/c1-21(12-7-13-25-2)19(22)15-8-6-9-16(14-15)27(23,24)20-17-10-4-5-11-18(17)26-3/h4-6,8-11,14,20H,7,12-13H2,1-3H3. The number of ether oxygens (including phenoxy) is 2. The number of para-hydroxylation sites is 2. The lowest BCUT2D eigenvalue weighted by Crippen LogP contribution is -2.28. The van der Waals surface area contributed by atoms with Crippen LogP contribution in [-0.2, 0) is 14.8 Å². The van der Waals surface area contributed by atoms with Gasteiger partial charge in [-0.25, -0.2) is 8.42 Å². The maximum Gasteiger partial charge on any atom is 0.262 e. The summed E-state index contributed by atoms with van der Waals surface area (Å²) in [6, 6.07) is 12.7. The van der Waals surface area contributed by atoms with Gasteiger partial charge in [0.15, 0.2) is 0 Å². The number of nitrogens with one attached hydrogen (secondary N) is 1. The van der Waals surface area contributed by atoms with Gasteiger partial charge in [-0.3, -0.25) is 9.52 Å². The van der Waals surface area contributed by atoms with Crippen molar-refractivity contribution in [3.8, 4) is 5.75 Å². The number of anilines is 1. The molecular weight excluding hydrogens is 368 g/mol. The molecule has 1 N–H and O–H groups in total. The van der Waals surface area contributed by atoms with Crippen molar-refractivity contribution in [2.75, 3.05) is 39.1 Å². The normalized spacial score (nSPS) is 11.1. The van der Waals surface area contributed by atoms with Crippen molar-refractivity contribution in [3.63, 3.8) is 0 Å². The molecule has 0 aliphatic rings. The van der Waals surface area contributed by atoms with E-state index < -0.39 is 10.0 Å². The fraction of sp³-hybridized carbons (Fsp3) is 0.316. The van der Waals surface area contributed by atoms with E-state index in [9.17, 15) is 13.2 Å². The minimum absolute atomic E-state index is 0.00421. The molecule has 0 fully saturated rings. The molecule has 0 spiro atoms. The zero-order valence-corrected chi connectivity index (χ0v) is 16.5. The van der Waals surface area contributed by atoms with E-state index in [1.807, 2.05) is 0 Å². The van der Waals surface area contributed by atoms with Crippen molar-refractivity contribution in [2.45, 2.75) is 11.3 Å². The zero-order chi connectivity index (χ0) is 19.9. The first kappa shape index (κ1) is 20.7. The van der Waals surface area contributed by atoms with Crippen molar-refractivity contribution in [1.82, 2.24) is 4.90 Å². The van der Waals surface area contributed by atoms with Crippen LogP contribution >= 0.6 is 0 Å². The molecule has 0 radical (unpaired) electrons. The first-order valence-corrected chi connectivity index (χ1v) is 9.87. The van der Waals surface area contributed by atoms with E-state index in [2.05, 4.69) is 4.72 Å². The number of hydrogen-bond acceptors (Lipinski definition) is 5. The maximum atomic E-state index is 12.7. The number of rotatable bonds is 9. The fourth-order valence-electron chi connectivity index (χ4n) is 2.50. The fourth-order valence-corrected chi connectivity index (χ4v) is 3.61. The molecule has 0 aromatic heterocycles. The number of benzene rings is 2. The molecule has 146 valence electrons. The minimum Gasteiger partial charge on any atom is -0.495 e. The molecule has 8 heteroatoms. The zero-order valence-electron chi connectivity index (χ0n) is 15.6. The summed E-state index contributed by atoms with van der Waals surface area (Å²) >= 11 is 0. The van der Waals surface area contributed by atoms with Gasteiger partial charge in [-0.2, -0.15) is 0 Å². The van der Waals surface area contributed by atoms with Crippen LogP contribution in [0.3, 0.4) is 0 Å². The number of carbonyl (C=O) groups is 1. The number of nitrogens with zero attached hydrogens (tertiary/aromatic N) is 1. The van der Waals surface area contributed by atoms with Crippen LogP contribution in [0.4, 0.5) is 5.69 Å². The van der Waals surface area contributed by atoms with Crippen LogP contribution in [0.2, 0.25) is 0 Å². The highest BCUT2D eigenvalue weighted by Crippen LogP contribution is 2.26. The van der Waals surface area contributed by atoms with Gasteiger partial charge in [0.25, 0.3) is 15.9 Å². The van der Waals surface area contributed by atoms with E-state index in [0.717, 1.165) is 0 Å². The van der Waals surface area contributed by atoms with Crippen LogP contribution in [0.1, 0.15) is 16.8 Å². The van der Waals surface area contributed by atoms with Gasteiger partial charge in [0.2, 0.25) is 0 Å². The second-order valence-electron chi connectivity index (χ2n) is 5.91. The summed E-state index contributed by atoms with van der Waals surface area (Å²) in [4.78, 5) is 14.1. The minimum atomic E-state index is -3.87. The molecule has 0 saturated carbocycles. The second-order valence-corrected chi connectivity index (χ2v) is 7.59. The highest BCUT2D eigenvalue weighted by atomic mass is 32.2. The van der Waals surface area contributed by atoms with Gasteiger partial charge in [-0.05, 0) is 36.8 Å². The maximum absolute atomic E-state index is 12.7. The van der Waals surface area contributed by atoms with Crippen LogP contribution in [0, 0.1) is 0 Å². The van der Waals surface area contributed by atoms with Gasteiger partial charge in [0.1, 0.15) is 5.75 Å². The topological polar surface area (TPSA) is 84.9 Å². The molecule has 0 atom stereocenters. The Kier molecular flexibility index (Phi) is 7.20. The van der Waals surface area contributed by atoms with E-state index in [-0.39, 0.29) is 10.8 Å². The summed E-state index contributed by atoms with van der Waals surface area (Å²) in [6.45, 7) is 1.07. The Morgan fingerprint density at radius 1 is 1.11 bits per heavy atom. The lowest BCUT2D eigenvalue weighted by Gasteiger charge is -2.17. The number of carbonyl (C=O) groups excluding carboxylic acids is 1. The molecule has 0 aliphatic carbocycles. The molecule has 2 aromatic rings. The molecular formula is C19H24N2O5S. The Balaban J connectivity index is 2.21. The second kappa shape index (κ2) is 9.38. The van der Waals surface area contributed by atoms with E-state index in [1.54, 1.807) is 55.5 Å². The third kappa shape index (κ3) is 5.45. The number of hydrogen-bond donors (Lipinski definition) is 1. The molecule has 2 rings (SSSR count). The van der Waals surface area contributed by atoms with Crippen molar-refractivity contribution >= 4 is 21.6 Å². The molecule has 0 heterocycles. The van der Waals surface area contributed by atoms with Gasteiger partial charge >= 0.3 is 0 Å². The predicted octanol–water partition coefficient (Wildman–Crippen LogP) is 2.60. The SMILES string of the molecule is COCCCN(C)C(=O)c1cccc(S(=O)(=O)Nc2ccccc2OC)c1. The highest BCUT2D eigenvalue weighted by Gasteiger charge is 2.19. The van der Waals surface area contributed by atoms with Crippen LogP contribution in [0.5, 0.6) is 5.75 Å². The van der Waals surface area contributed by atoms with Gasteiger partial charge in [-0.1, -0.05) is 18.2 Å². The summed E-state index contributed by atoms with van der Waals surface area (Å²) in [7, 11) is 0.870. The van der Waals surface area contributed by atoms with Crippen LogP contribution in [0.25, 0.3) is 0 Å². The summed E-state index contributed by atoms with van der Waals surface area (Å²) in [6.07, 6.45) is 0.700. The summed E-state index contributed by atoms with van der Waals surface area (Å²) in [5.41, 5.74) is 0.631. The van der Waals surface area contributed by atoms with Crippen LogP contribution in [0.15, 0.2) is 53.4 Å². The molecule has 27 heavy (non-hydrogen) atoms. The Labute approximate surface area is 160 Å². The van der Waals surface area contributed by atoms with Crippen LogP contribution in [-0.4, -0.2) is 53.6 Å². The summed E-state index contributed by atoms with van der Waals surface area (Å²) in [5, 5.41) is 0. The highest BCUT2D eigenvalue weighted by molar-refractivity contribution is 7.92. The quantitative estimate of drug-likeness (QED) is 0.663. The first-order chi connectivity index (χ1) is 12.9. The molecule has 0 unspecified atom stereocenters. The largest absolute Gasteiger partial charge is 0.495 e. The molecule has 2 aromatic carbocycles. The Bertz CT molecular complexity index is 883. The van der Waals surface area contributed by atoms with Crippen molar-refractivity contribution in [3.05, 3.63) is 54.1 Å². The van der Waals surface area contributed by atoms with E-state index >= 15 is 0 Å². The van der Waals surface area contributed by atoms with E-state index in [0.29, 0.717) is 36.6 Å². The smallest absolute Gasteiger partial charge is 0.262 e. The lowest BCUT2D eigenvalue weighted by atomic mass is 10.2. The predicted molar refractivity (Wildman–Crippen MR) is 104 cm³/mol. The van der Waals surface area contributed by atoms with Gasteiger partial charge in [0, 0.05) is 32.9 Å². The monoisotopic (exact) mass is 392 g/mol. The van der Waals surface area contributed by atoms with Gasteiger partial charge in [0.05, 0.1) is 17.7 Å². The Hall–Kier alpha value is -2.58. The third-order valence-corrected chi connectivity index (χ3v) is 5.29. The van der Waals surface area contributed by atoms with Crippen LogP contribution < -0.4 is 9.46 Å². The van der Waals surface area contributed by atoms with Gasteiger partial charge < -0.3 is 14.4 Å². The molecule has 7 nitrogen and oxygen atoms in total. The molecule has 0 bridgehead atoms. The Morgan fingerprint density at radius 2 is 1.85 bits per heavy atom. The summed E-state index contributed by atoms with van der Waals surface area (Å²) < 4.78 is 38.1. The van der Waals surface area contributed by atoms with E-state index in [1.165, 1.54) is 19.2 Å². The van der Waals surface area contributed by atoms with Crippen molar-refractivity contribution < 1.29 is 22.7 Å². The molecule has 1 amide bonds. The molecule has 0 aliphatic heterocycles.